The molecule has 1 amide bonds. The van der Waals surface area contributed by atoms with E-state index in [-0.39, 0.29) is 5.91 Å². The van der Waals surface area contributed by atoms with Crippen molar-refractivity contribution in [2.45, 2.75) is 27.3 Å². The lowest BCUT2D eigenvalue weighted by Gasteiger charge is -2.21. The summed E-state index contributed by atoms with van der Waals surface area (Å²) < 4.78 is 5.42. The van der Waals surface area contributed by atoms with E-state index in [1.807, 2.05) is 11.0 Å². The Bertz CT molecular complexity index is 696. The predicted octanol–water partition coefficient (Wildman–Crippen LogP) is 2.89. The highest BCUT2D eigenvalue weighted by molar-refractivity contribution is 5.93. The molecule has 0 radical (unpaired) electrons. The maximum atomic E-state index is 12.8. The molecule has 0 bridgehead atoms. The summed E-state index contributed by atoms with van der Waals surface area (Å²) in [4.78, 5) is 21.4. The molecule has 24 heavy (non-hydrogen) atoms. The SMILES string of the molecule is Cc1nc(C(=O)N2CCN(Cc3ccccc3)CC(C)C2)c(C)o1. The average Bonchev–Trinajstić information content (AvgIpc) is 2.78. The van der Waals surface area contributed by atoms with Crippen LogP contribution in [0.2, 0.25) is 0 Å². The molecule has 1 aliphatic rings. The third-order valence-electron chi connectivity index (χ3n) is 4.43. The second kappa shape index (κ2) is 7.18. The van der Waals surface area contributed by atoms with Gasteiger partial charge in [-0.2, -0.15) is 0 Å². The van der Waals surface area contributed by atoms with E-state index in [9.17, 15) is 4.79 Å². The molecule has 1 unspecified atom stereocenters. The summed E-state index contributed by atoms with van der Waals surface area (Å²) in [5.74, 6) is 1.56. The van der Waals surface area contributed by atoms with Gasteiger partial charge in [-0.3, -0.25) is 9.69 Å². The van der Waals surface area contributed by atoms with Crippen LogP contribution in [0.3, 0.4) is 0 Å². The molecule has 1 fully saturated rings. The monoisotopic (exact) mass is 327 g/mol. The lowest BCUT2D eigenvalue weighted by molar-refractivity contribution is 0.0741. The Morgan fingerprint density at radius 3 is 2.62 bits per heavy atom. The molecule has 1 saturated heterocycles. The number of aromatic nitrogens is 1. The van der Waals surface area contributed by atoms with Crippen molar-refractivity contribution < 1.29 is 9.21 Å². The Balaban J connectivity index is 1.68. The van der Waals surface area contributed by atoms with Crippen LogP contribution in [0.15, 0.2) is 34.7 Å². The molecule has 128 valence electrons. The van der Waals surface area contributed by atoms with Crippen molar-refractivity contribution in [3.8, 4) is 0 Å². The Labute approximate surface area is 143 Å². The number of nitrogens with zero attached hydrogens (tertiary/aromatic N) is 3. The molecule has 1 aliphatic heterocycles. The molecule has 0 aliphatic carbocycles. The van der Waals surface area contributed by atoms with Crippen LogP contribution in [0.1, 0.15) is 34.6 Å². The van der Waals surface area contributed by atoms with Gasteiger partial charge < -0.3 is 9.32 Å². The molecule has 5 heteroatoms. The van der Waals surface area contributed by atoms with Gasteiger partial charge in [-0.1, -0.05) is 37.3 Å². The maximum absolute atomic E-state index is 12.8. The summed E-state index contributed by atoms with van der Waals surface area (Å²) in [6.07, 6.45) is 0. The zero-order valence-electron chi connectivity index (χ0n) is 14.7. The molecule has 1 aromatic heterocycles. The number of amides is 1. The molecule has 1 aromatic carbocycles. The molecule has 0 saturated carbocycles. The first-order chi connectivity index (χ1) is 11.5. The van der Waals surface area contributed by atoms with E-state index < -0.39 is 0 Å². The van der Waals surface area contributed by atoms with Gasteiger partial charge in [0.05, 0.1) is 0 Å². The van der Waals surface area contributed by atoms with Crippen molar-refractivity contribution in [2.75, 3.05) is 26.2 Å². The fourth-order valence-corrected chi connectivity index (χ4v) is 3.37. The second-order valence-corrected chi connectivity index (χ2v) is 6.71. The topological polar surface area (TPSA) is 49.6 Å². The maximum Gasteiger partial charge on any atom is 0.276 e. The van der Waals surface area contributed by atoms with Crippen molar-refractivity contribution in [3.63, 3.8) is 0 Å². The van der Waals surface area contributed by atoms with E-state index in [0.29, 0.717) is 23.3 Å². The van der Waals surface area contributed by atoms with Crippen molar-refractivity contribution in [2.24, 2.45) is 5.92 Å². The average molecular weight is 327 g/mol. The predicted molar refractivity (Wildman–Crippen MR) is 92.8 cm³/mol. The van der Waals surface area contributed by atoms with Gasteiger partial charge in [0.15, 0.2) is 11.6 Å². The summed E-state index contributed by atoms with van der Waals surface area (Å²) >= 11 is 0. The fourth-order valence-electron chi connectivity index (χ4n) is 3.37. The Hall–Kier alpha value is -2.14. The van der Waals surface area contributed by atoms with Gasteiger partial charge in [0.2, 0.25) is 0 Å². The highest BCUT2D eigenvalue weighted by atomic mass is 16.4. The smallest absolute Gasteiger partial charge is 0.276 e. The van der Waals surface area contributed by atoms with E-state index in [1.165, 1.54) is 5.56 Å². The Morgan fingerprint density at radius 2 is 1.96 bits per heavy atom. The lowest BCUT2D eigenvalue weighted by atomic mass is 10.1. The summed E-state index contributed by atoms with van der Waals surface area (Å²) in [5.41, 5.74) is 1.77. The minimum atomic E-state index is -0.0160. The minimum absolute atomic E-state index is 0.0160. The van der Waals surface area contributed by atoms with Gasteiger partial charge in [0.25, 0.3) is 5.91 Å². The third-order valence-corrected chi connectivity index (χ3v) is 4.43. The molecule has 2 aromatic rings. The second-order valence-electron chi connectivity index (χ2n) is 6.71. The molecule has 3 rings (SSSR count). The highest BCUT2D eigenvalue weighted by Gasteiger charge is 2.27. The number of benzene rings is 1. The van der Waals surface area contributed by atoms with E-state index in [1.54, 1.807) is 13.8 Å². The van der Waals surface area contributed by atoms with Crippen molar-refractivity contribution in [1.82, 2.24) is 14.8 Å². The summed E-state index contributed by atoms with van der Waals surface area (Å²) in [6, 6.07) is 10.5. The summed E-state index contributed by atoms with van der Waals surface area (Å²) in [5, 5.41) is 0. The first-order valence-electron chi connectivity index (χ1n) is 8.52. The van der Waals surface area contributed by atoms with Crippen LogP contribution in [-0.4, -0.2) is 46.9 Å². The van der Waals surface area contributed by atoms with Gasteiger partial charge in [-0.25, -0.2) is 4.98 Å². The molecule has 1 atom stereocenters. The van der Waals surface area contributed by atoms with Crippen LogP contribution in [0.5, 0.6) is 0 Å². The van der Waals surface area contributed by atoms with Crippen LogP contribution in [0.25, 0.3) is 0 Å². The number of oxazole rings is 1. The Morgan fingerprint density at radius 1 is 1.21 bits per heavy atom. The van der Waals surface area contributed by atoms with E-state index in [2.05, 4.69) is 41.1 Å². The number of hydrogen-bond acceptors (Lipinski definition) is 4. The van der Waals surface area contributed by atoms with Crippen LogP contribution in [0, 0.1) is 19.8 Å². The number of rotatable bonds is 3. The normalized spacial score (nSPS) is 19.3. The first kappa shape index (κ1) is 16.7. The van der Waals surface area contributed by atoms with Crippen LogP contribution < -0.4 is 0 Å². The van der Waals surface area contributed by atoms with Crippen molar-refractivity contribution >= 4 is 5.91 Å². The number of aryl methyl sites for hydroxylation is 2. The zero-order chi connectivity index (χ0) is 17.1. The van der Waals surface area contributed by atoms with Crippen molar-refractivity contribution in [3.05, 3.63) is 53.2 Å². The molecule has 5 nitrogen and oxygen atoms in total. The van der Waals surface area contributed by atoms with Gasteiger partial charge in [-0.15, -0.1) is 0 Å². The van der Waals surface area contributed by atoms with Gasteiger partial charge >= 0.3 is 0 Å². The number of hydrogen-bond donors (Lipinski definition) is 0. The third kappa shape index (κ3) is 3.85. The number of carbonyl (C=O) groups excluding carboxylic acids is 1. The summed E-state index contributed by atoms with van der Waals surface area (Å²) in [6.45, 7) is 10.1. The Kier molecular flexibility index (Phi) is 5.00. The largest absolute Gasteiger partial charge is 0.445 e. The van der Waals surface area contributed by atoms with Gasteiger partial charge in [0.1, 0.15) is 5.76 Å². The van der Waals surface area contributed by atoms with Gasteiger partial charge in [0, 0.05) is 39.6 Å². The highest BCUT2D eigenvalue weighted by Crippen LogP contribution is 2.17. The van der Waals surface area contributed by atoms with Crippen LogP contribution >= 0.6 is 0 Å². The van der Waals surface area contributed by atoms with E-state index in [4.69, 9.17) is 4.42 Å². The molecule has 2 heterocycles. The van der Waals surface area contributed by atoms with Crippen LogP contribution in [-0.2, 0) is 6.54 Å². The van der Waals surface area contributed by atoms with Crippen LogP contribution in [0.4, 0.5) is 0 Å². The zero-order valence-corrected chi connectivity index (χ0v) is 14.7. The quantitative estimate of drug-likeness (QED) is 0.870. The molecular formula is C19H25N3O2. The van der Waals surface area contributed by atoms with E-state index in [0.717, 1.165) is 32.7 Å². The first-order valence-corrected chi connectivity index (χ1v) is 8.52. The summed E-state index contributed by atoms with van der Waals surface area (Å²) in [7, 11) is 0. The minimum Gasteiger partial charge on any atom is -0.445 e. The standard InChI is InChI=1S/C19H25N3O2/c1-14-11-21(13-17-7-5-4-6-8-17)9-10-22(12-14)19(23)18-15(2)24-16(3)20-18/h4-8,14H,9-13H2,1-3H3. The van der Waals surface area contributed by atoms with Gasteiger partial charge in [-0.05, 0) is 18.4 Å². The lowest BCUT2D eigenvalue weighted by Crippen LogP contribution is -2.36. The molecule has 0 spiro atoms. The number of carbonyl (C=O) groups is 1. The van der Waals surface area contributed by atoms with Crippen molar-refractivity contribution in [1.29, 1.82) is 0 Å². The molecular weight excluding hydrogens is 302 g/mol. The fraction of sp³-hybridized carbons (Fsp3) is 0.474. The van der Waals surface area contributed by atoms with E-state index >= 15 is 0 Å². The molecule has 0 N–H and O–H groups in total.